The monoisotopic (exact) mass is 223 g/mol. The Hall–Kier alpha value is -1.20. The van der Waals surface area contributed by atoms with Gasteiger partial charge in [0.2, 0.25) is 11.7 Å². The van der Waals surface area contributed by atoms with Crippen molar-refractivity contribution in [1.29, 1.82) is 0 Å². The van der Waals surface area contributed by atoms with Crippen molar-refractivity contribution < 1.29 is 4.52 Å². The molecule has 2 aromatic rings. The van der Waals surface area contributed by atoms with Gasteiger partial charge in [0.25, 0.3) is 0 Å². The summed E-state index contributed by atoms with van der Waals surface area (Å²) in [4.78, 5) is 6.56. The van der Waals surface area contributed by atoms with E-state index in [0.717, 1.165) is 4.88 Å². The van der Waals surface area contributed by atoms with Gasteiger partial charge in [-0.15, -0.1) is 11.3 Å². The first-order valence-electron chi connectivity index (χ1n) is 4.80. The van der Waals surface area contributed by atoms with Crippen molar-refractivity contribution in [1.82, 2.24) is 10.1 Å². The molecule has 80 valence electrons. The molecule has 0 aliphatic heterocycles. The van der Waals surface area contributed by atoms with Crippen LogP contribution >= 0.6 is 11.3 Å². The van der Waals surface area contributed by atoms with E-state index in [-0.39, 0.29) is 6.04 Å². The third-order valence-electron chi connectivity index (χ3n) is 1.93. The summed E-state index contributed by atoms with van der Waals surface area (Å²) in [6.07, 6.45) is 0.622. The molecule has 15 heavy (non-hydrogen) atoms. The Morgan fingerprint density at radius 1 is 1.53 bits per heavy atom. The van der Waals surface area contributed by atoms with E-state index >= 15 is 0 Å². The fourth-order valence-electron chi connectivity index (χ4n) is 1.27. The lowest BCUT2D eigenvalue weighted by Gasteiger charge is -1.96. The molecule has 0 spiro atoms. The first kappa shape index (κ1) is 10.3. The molecule has 0 amide bonds. The van der Waals surface area contributed by atoms with Crippen LogP contribution in [-0.2, 0) is 6.42 Å². The van der Waals surface area contributed by atoms with Crippen LogP contribution in [0.5, 0.6) is 0 Å². The van der Waals surface area contributed by atoms with Crippen LogP contribution in [0.3, 0.4) is 0 Å². The lowest BCUT2D eigenvalue weighted by Crippen LogP contribution is -2.17. The van der Waals surface area contributed by atoms with Crippen LogP contribution in [-0.4, -0.2) is 16.2 Å². The lowest BCUT2D eigenvalue weighted by molar-refractivity contribution is 0.372. The molecule has 4 nitrogen and oxygen atoms in total. The van der Waals surface area contributed by atoms with Crippen molar-refractivity contribution in [3.8, 4) is 10.7 Å². The minimum atomic E-state index is 0.0448. The molecule has 0 aliphatic rings. The lowest BCUT2D eigenvalue weighted by atomic mass is 10.2. The van der Waals surface area contributed by atoms with Crippen LogP contribution in [0, 0.1) is 6.92 Å². The highest BCUT2D eigenvalue weighted by Gasteiger charge is 2.11. The minimum absolute atomic E-state index is 0.0448. The van der Waals surface area contributed by atoms with Gasteiger partial charge in [-0.25, -0.2) is 0 Å². The standard InChI is InChI=1S/C10H13N3OS/c1-6(11)5-9-12-10(13-14-9)8-4-3-7(2)15-8/h3-4,6H,5,11H2,1-2H3. The van der Waals surface area contributed by atoms with Gasteiger partial charge in [-0.2, -0.15) is 4.98 Å². The quantitative estimate of drug-likeness (QED) is 0.864. The van der Waals surface area contributed by atoms with Crippen molar-refractivity contribution in [2.45, 2.75) is 26.3 Å². The van der Waals surface area contributed by atoms with E-state index < -0.39 is 0 Å². The zero-order valence-corrected chi connectivity index (χ0v) is 9.54. The van der Waals surface area contributed by atoms with Crippen LogP contribution in [0.25, 0.3) is 10.7 Å². The molecule has 0 saturated heterocycles. The molecule has 1 unspecified atom stereocenters. The molecule has 0 saturated carbocycles. The van der Waals surface area contributed by atoms with Crippen molar-refractivity contribution in [2.75, 3.05) is 0 Å². The Morgan fingerprint density at radius 3 is 2.93 bits per heavy atom. The maximum atomic E-state index is 5.65. The smallest absolute Gasteiger partial charge is 0.228 e. The largest absolute Gasteiger partial charge is 0.339 e. The van der Waals surface area contributed by atoms with E-state index in [1.165, 1.54) is 4.88 Å². The number of hydrogen-bond donors (Lipinski definition) is 1. The number of aromatic nitrogens is 2. The Bertz CT molecular complexity index is 447. The topological polar surface area (TPSA) is 64.9 Å². The molecule has 2 heterocycles. The number of nitrogens with zero attached hydrogens (tertiary/aromatic N) is 2. The normalized spacial score (nSPS) is 13.0. The van der Waals surface area contributed by atoms with Crippen molar-refractivity contribution >= 4 is 11.3 Å². The third-order valence-corrected chi connectivity index (χ3v) is 2.92. The minimum Gasteiger partial charge on any atom is -0.339 e. The highest BCUT2D eigenvalue weighted by atomic mass is 32.1. The maximum absolute atomic E-state index is 5.65. The van der Waals surface area contributed by atoms with Gasteiger partial charge in [0.15, 0.2) is 0 Å². The van der Waals surface area contributed by atoms with Gasteiger partial charge in [0, 0.05) is 17.3 Å². The van der Waals surface area contributed by atoms with E-state index in [1.807, 2.05) is 19.1 Å². The summed E-state index contributed by atoms with van der Waals surface area (Å²) in [5.41, 5.74) is 5.65. The van der Waals surface area contributed by atoms with Gasteiger partial charge in [-0.3, -0.25) is 0 Å². The number of thiophene rings is 1. The van der Waals surface area contributed by atoms with Gasteiger partial charge in [0.1, 0.15) is 0 Å². The fourth-order valence-corrected chi connectivity index (χ4v) is 2.06. The van der Waals surface area contributed by atoms with Crippen LogP contribution in [0.2, 0.25) is 0 Å². The van der Waals surface area contributed by atoms with Gasteiger partial charge >= 0.3 is 0 Å². The van der Waals surface area contributed by atoms with Gasteiger partial charge < -0.3 is 10.3 Å². The molecule has 2 rings (SSSR count). The van der Waals surface area contributed by atoms with Crippen molar-refractivity contribution in [3.05, 3.63) is 22.9 Å². The van der Waals surface area contributed by atoms with Gasteiger partial charge in [-0.05, 0) is 26.0 Å². The number of nitrogens with two attached hydrogens (primary N) is 1. The average molecular weight is 223 g/mol. The average Bonchev–Trinajstić information content (AvgIpc) is 2.72. The van der Waals surface area contributed by atoms with E-state index in [4.69, 9.17) is 10.3 Å². The van der Waals surface area contributed by atoms with E-state index in [2.05, 4.69) is 17.1 Å². The fraction of sp³-hybridized carbons (Fsp3) is 0.400. The second-order valence-electron chi connectivity index (χ2n) is 3.60. The number of hydrogen-bond acceptors (Lipinski definition) is 5. The predicted octanol–water partition coefficient (Wildman–Crippen LogP) is 2.00. The van der Waals surface area contributed by atoms with Crippen LogP contribution in [0.1, 0.15) is 17.7 Å². The molecule has 0 aromatic carbocycles. The summed E-state index contributed by atoms with van der Waals surface area (Å²) in [5, 5.41) is 3.92. The second kappa shape index (κ2) is 4.12. The molecule has 0 radical (unpaired) electrons. The Balaban J connectivity index is 2.20. The van der Waals surface area contributed by atoms with Crippen molar-refractivity contribution in [3.63, 3.8) is 0 Å². The zero-order chi connectivity index (χ0) is 10.8. The van der Waals surface area contributed by atoms with Gasteiger partial charge in [-0.1, -0.05) is 5.16 Å². The first-order valence-corrected chi connectivity index (χ1v) is 5.62. The molecule has 5 heteroatoms. The van der Waals surface area contributed by atoms with E-state index in [9.17, 15) is 0 Å². The summed E-state index contributed by atoms with van der Waals surface area (Å²) >= 11 is 1.66. The maximum Gasteiger partial charge on any atom is 0.228 e. The summed E-state index contributed by atoms with van der Waals surface area (Å²) in [6.45, 7) is 3.97. The molecule has 0 fully saturated rings. The first-order chi connectivity index (χ1) is 7.15. The van der Waals surface area contributed by atoms with Crippen LogP contribution < -0.4 is 5.73 Å². The number of rotatable bonds is 3. The Morgan fingerprint density at radius 2 is 2.33 bits per heavy atom. The van der Waals surface area contributed by atoms with E-state index in [1.54, 1.807) is 11.3 Å². The SMILES string of the molecule is Cc1ccc(-c2noc(CC(C)N)n2)s1. The molecule has 1 atom stereocenters. The molecular formula is C10H13N3OS. The van der Waals surface area contributed by atoms with E-state index in [0.29, 0.717) is 18.1 Å². The van der Waals surface area contributed by atoms with Crippen molar-refractivity contribution in [2.24, 2.45) is 5.73 Å². The zero-order valence-electron chi connectivity index (χ0n) is 8.73. The Kier molecular flexibility index (Phi) is 2.83. The molecule has 2 N–H and O–H groups in total. The summed E-state index contributed by atoms with van der Waals surface area (Å²) < 4.78 is 5.10. The van der Waals surface area contributed by atoms with Crippen LogP contribution in [0.4, 0.5) is 0 Å². The molecule has 0 bridgehead atoms. The van der Waals surface area contributed by atoms with Gasteiger partial charge in [0.05, 0.1) is 4.88 Å². The predicted molar refractivity (Wildman–Crippen MR) is 59.7 cm³/mol. The summed E-state index contributed by atoms with van der Waals surface area (Å²) in [6, 6.07) is 4.09. The van der Waals surface area contributed by atoms with Crippen LogP contribution in [0.15, 0.2) is 16.7 Å². The highest BCUT2D eigenvalue weighted by Crippen LogP contribution is 2.25. The molecular weight excluding hydrogens is 210 g/mol. The second-order valence-corrected chi connectivity index (χ2v) is 4.89. The summed E-state index contributed by atoms with van der Waals surface area (Å²) in [7, 11) is 0. The summed E-state index contributed by atoms with van der Waals surface area (Å²) in [5.74, 6) is 1.26. The third kappa shape index (κ3) is 2.43. The molecule has 2 aromatic heterocycles. The number of aryl methyl sites for hydroxylation is 1. The molecule has 0 aliphatic carbocycles. The highest BCUT2D eigenvalue weighted by molar-refractivity contribution is 7.15. The Labute approximate surface area is 92.1 Å².